The van der Waals surface area contributed by atoms with Crippen LogP contribution in [-0.2, 0) is 4.79 Å². The summed E-state index contributed by atoms with van der Waals surface area (Å²) in [7, 11) is 0. The molecule has 0 saturated heterocycles. The second-order valence-electron chi connectivity index (χ2n) is 4.58. The van der Waals surface area contributed by atoms with Crippen LogP contribution in [0.2, 0.25) is 0 Å². The van der Waals surface area contributed by atoms with Crippen LogP contribution in [-0.4, -0.2) is 23.7 Å². The number of nitrogens with zero attached hydrogens (tertiary/aromatic N) is 1. The fraction of sp³-hybridized carbons (Fsp3) is 0.667. The molecule has 0 atom stereocenters. The SMILES string of the molecule is Cc1cc(NCC(=O)NC2CCCCC2)no1. The lowest BCUT2D eigenvalue weighted by molar-refractivity contribution is -0.120. The topological polar surface area (TPSA) is 67.2 Å². The third kappa shape index (κ3) is 3.76. The van der Waals surface area contributed by atoms with E-state index in [1.54, 1.807) is 6.07 Å². The van der Waals surface area contributed by atoms with E-state index in [1.807, 2.05) is 6.92 Å². The van der Waals surface area contributed by atoms with Gasteiger partial charge in [-0.3, -0.25) is 4.79 Å². The van der Waals surface area contributed by atoms with Crippen LogP contribution in [0.1, 0.15) is 37.9 Å². The Morgan fingerprint density at radius 2 is 2.24 bits per heavy atom. The zero-order chi connectivity index (χ0) is 12.1. The van der Waals surface area contributed by atoms with E-state index in [0.717, 1.165) is 18.6 Å². The largest absolute Gasteiger partial charge is 0.360 e. The lowest BCUT2D eigenvalue weighted by Gasteiger charge is -2.22. The molecule has 1 saturated carbocycles. The smallest absolute Gasteiger partial charge is 0.239 e. The van der Waals surface area contributed by atoms with Crippen molar-refractivity contribution in [1.29, 1.82) is 0 Å². The van der Waals surface area contributed by atoms with E-state index in [4.69, 9.17) is 4.52 Å². The average molecular weight is 237 g/mol. The molecule has 0 bridgehead atoms. The van der Waals surface area contributed by atoms with Crippen molar-refractivity contribution in [3.63, 3.8) is 0 Å². The Balaban J connectivity index is 1.70. The normalized spacial score (nSPS) is 16.8. The molecule has 2 rings (SSSR count). The van der Waals surface area contributed by atoms with Gasteiger partial charge in [0, 0.05) is 12.1 Å². The fourth-order valence-corrected chi connectivity index (χ4v) is 2.15. The number of carbonyl (C=O) groups excluding carboxylic acids is 1. The molecule has 1 aliphatic carbocycles. The van der Waals surface area contributed by atoms with E-state index in [0.29, 0.717) is 11.9 Å². The fourth-order valence-electron chi connectivity index (χ4n) is 2.15. The molecule has 0 aromatic carbocycles. The minimum absolute atomic E-state index is 0.0255. The van der Waals surface area contributed by atoms with Gasteiger partial charge in [-0.2, -0.15) is 0 Å². The molecular weight excluding hydrogens is 218 g/mol. The number of amides is 1. The first-order chi connectivity index (χ1) is 8.24. The molecule has 2 N–H and O–H groups in total. The van der Waals surface area contributed by atoms with Gasteiger partial charge < -0.3 is 15.2 Å². The highest BCUT2D eigenvalue weighted by Gasteiger charge is 2.15. The predicted octanol–water partition coefficient (Wildman–Crippen LogP) is 1.84. The van der Waals surface area contributed by atoms with E-state index >= 15 is 0 Å². The number of rotatable bonds is 4. The van der Waals surface area contributed by atoms with Crippen molar-refractivity contribution in [2.75, 3.05) is 11.9 Å². The molecule has 5 nitrogen and oxygen atoms in total. The van der Waals surface area contributed by atoms with E-state index in [-0.39, 0.29) is 12.5 Å². The van der Waals surface area contributed by atoms with Gasteiger partial charge in [0.15, 0.2) is 5.82 Å². The first kappa shape index (κ1) is 12.0. The zero-order valence-electron chi connectivity index (χ0n) is 10.2. The summed E-state index contributed by atoms with van der Waals surface area (Å²) in [5.74, 6) is 1.37. The van der Waals surface area contributed by atoms with Crippen molar-refractivity contribution in [2.24, 2.45) is 0 Å². The van der Waals surface area contributed by atoms with Gasteiger partial charge in [-0.15, -0.1) is 0 Å². The van der Waals surface area contributed by atoms with Gasteiger partial charge >= 0.3 is 0 Å². The van der Waals surface area contributed by atoms with E-state index in [9.17, 15) is 4.79 Å². The molecule has 1 aromatic rings. The van der Waals surface area contributed by atoms with Crippen LogP contribution in [0, 0.1) is 6.92 Å². The minimum Gasteiger partial charge on any atom is -0.360 e. The maximum atomic E-state index is 11.7. The molecule has 0 radical (unpaired) electrons. The summed E-state index contributed by atoms with van der Waals surface area (Å²) >= 11 is 0. The molecule has 17 heavy (non-hydrogen) atoms. The van der Waals surface area contributed by atoms with Crippen molar-refractivity contribution < 1.29 is 9.32 Å². The maximum Gasteiger partial charge on any atom is 0.239 e. The summed E-state index contributed by atoms with van der Waals surface area (Å²) in [6, 6.07) is 2.13. The second-order valence-corrected chi connectivity index (χ2v) is 4.58. The van der Waals surface area contributed by atoms with Crippen LogP contribution >= 0.6 is 0 Å². The maximum absolute atomic E-state index is 11.7. The lowest BCUT2D eigenvalue weighted by atomic mass is 9.95. The Morgan fingerprint density at radius 1 is 1.47 bits per heavy atom. The Hall–Kier alpha value is -1.52. The molecule has 1 fully saturated rings. The Bertz CT molecular complexity index is 370. The summed E-state index contributed by atoms with van der Waals surface area (Å²) in [5.41, 5.74) is 0. The molecule has 1 aromatic heterocycles. The highest BCUT2D eigenvalue weighted by atomic mass is 16.5. The second kappa shape index (κ2) is 5.70. The first-order valence-corrected chi connectivity index (χ1v) is 6.20. The van der Waals surface area contributed by atoms with Crippen molar-refractivity contribution in [2.45, 2.75) is 45.1 Å². The molecule has 0 spiro atoms. The standard InChI is InChI=1S/C12H19N3O2/c1-9-7-11(15-17-9)13-8-12(16)14-10-5-3-2-4-6-10/h7,10H,2-6,8H2,1H3,(H,13,15)(H,14,16). The van der Waals surface area contributed by atoms with Crippen LogP contribution in [0.15, 0.2) is 10.6 Å². The number of aryl methyl sites for hydroxylation is 1. The van der Waals surface area contributed by atoms with Crippen LogP contribution in [0.5, 0.6) is 0 Å². The van der Waals surface area contributed by atoms with E-state index in [2.05, 4.69) is 15.8 Å². The van der Waals surface area contributed by atoms with Gasteiger partial charge in [0.1, 0.15) is 5.76 Å². The quantitative estimate of drug-likeness (QED) is 0.838. The van der Waals surface area contributed by atoms with Gasteiger partial charge in [0.2, 0.25) is 5.91 Å². The summed E-state index contributed by atoms with van der Waals surface area (Å²) in [4.78, 5) is 11.7. The predicted molar refractivity (Wildman–Crippen MR) is 64.7 cm³/mol. The molecule has 0 aliphatic heterocycles. The highest BCUT2D eigenvalue weighted by molar-refractivity contribution is 5.80. The van der Waals surface area contributed by atoms with Crippen LogP contribution in [0.25, 0.3) is 0 Å². The number of aromatic nitrogens is 1. The monoisotopic (exact) mass is 237 g/mol. The summed E-state index contributed by atoms with van der Waals surface area (Å²) in [6.07, 6.45) is 5.95. The van der Waals surface area contributed by atoms with E-state index < -0.39 is 0 Å². The number of carbonyl (C=O) groups is 1. The number of nitrogens with one attached hydrogen (secondary N) is 2. The average Bonchev–Trinajstić information content (AvgIpc) is 2.74. The molecule has 1 amide bonds. The number of hydrogen-bond acceptors (Lipinski definition) is 4. The number of hydrogen-bond donors (Lipinski definition) is 2. The number of anilines is 1. The van der Waals surface area contributed by atoms with Gasteiger partial charge in [0.05, 0.1) is 6.54 Å². The molecule has 94 valence electrons. The van der Waals surface area contributed by atoms with Gasteiger partial charge in [-0.05, 0) is 19.8 Å². The molecular formula is C12H19N3O2. The minimum atomic E-state index is 0.0255. The molecule has 1 heterocycles. The van der Waals surface area contributed by atoms with Gasteiger partial charge in [-0.1, -0.05) is 24.4 Å². The Morgan fingerprint density at radius 3 is 2.88 bits per heavy atom. The van der Waals surface area contributed by atoms with Gasteiger partial charge in [0.25, 0.3) is 0 Å². The van der Waals surface area contributed by atoms with Crippen molar-refractivity contribution in [3.8, 4) is 0 Å². The van der Waals surface area contributed by atoms with Crippen molar-refractivity contribution in [3.05, 3.63) is 11.8 Å². The zero-order valence-corrected chi connectivity index (χ0v) is 10.2. The van der Waals surface area contributed by atoms with Crippen LogP contribution < -0.4 is 10.6 Å². The van der Waals surface area contributed by atoms with E-state index in [1.165, 1.54) is 19.3 Å². The Labute approximate surface area is 101 Å². The third-order valence-electron chi connectivity index (χ3n) is 3.03. The third-order valence-corrected chi connectivity index (χ3v) is 3.03. The lowest BCUT2D eigenvalue weighted by Crippen LogP contribution is -2.39. The van der Waals surface area contributed by atoms with Crippen molar-refractivity contribution >= 4 is 11.7 Å². The Kier molecular flexibility index (Phi) is 4.01. The highest BCUT2D eigenvalue weighted by Crippen LogP contribution is 2.17. The molecule has 0 unspecified atom stereocenters. The summed E-state index contributed by atoms with van der Waals surface area (Å²) < 4.78 is 4.90. The van der Waals surface area contributed by atoms with Crippen LogP contribution in [0.4, 0.5) is 5.82 Å². The van der Waals surface area contributed by atoms with Gasteiger partial charge in [-0.25, -0.2) is 0 Å². The van der Waals surface area contributed by atoms with Crippen LogP contribution in [0.3, 0.4) is 0 Å². The van der Waals surface area contributed by atoms with Crippen molar-refractivity contribution in [1.82, 2.24) is 10.5 Å². The first-order valence-electron chi connectivity index (χ1n) is 6.20. The molecule has 1 aliphatic rings. The summed E-state index contributed by atoms with van der Waals surface area (Å²) in [6.45, 7) is 2.07. The molecule has 5 heteroatoms. The summed E-state index contributed by atoms with van der Waals surface area (Å²) in [5, 5.41) is 9.74.